The lowest BCUT2D eigenvalue weighted by molar-refractivity contribution is -0.139. The lowest BCUT2D eigenvalue weighted by Crippen LogP contribution is -2.36. The fourth-order valence-electron chi connectivity index (χ4n) is 3.10. The van der Waals surface area contributed by atoms with Crippen molar-refractivity contribution in [2.24, 2.45) is 5.41 Å². The topological polar surface area (TPSA) is 51.2 Å². The predicted octanol–water partition coefficient (Wildman–Crippen LogP) is 4.54. The summed E-state index contributed by atoms with van der Waals surface area (Å²) in [7, 11) is 0. The summed E-state index contributed by atoms with van der Waals surface area (Å²) in [6.07, 6.45) is 5.74. The molecule has 0 saturated heterocycles. The van der Waals surface area contributed by atoms with E-state index in [1.165, 1.54) is 6.08 Å². The van der Waals surface area contributed by atoms with Gasteiger partial charge in [0.15, 0.2) is 0 Å². The molecule has 0 aliphatic heterocycles. The Morgan fingerprint density at radius 1 is 0.815 bits per heavy atom. The molecule has 0 spiro atoms. The van der Waals surface area contributed by atoms with Crippen LogP contribution >= 0.6 is 0 Å². The number of carbonyl (C=O) groups is 3. The zero-order valence-corrected chi connectivity index (χ0v) is 15.8. The van der Waals surface area contributed by atoms with Crippen molar-refractivity contribution in [3.63, 3.8) is 0 Å². The molecule has 2 rings (SSSR count). The van der Waals surface area contributed by atoms with Crippen molar-refractivity contribution in [2.75, 3.05) is 0 Å². The standard InChI is InChI=1S/C24H26O3/c1-24(18-8-9-19-25,22(26)16-14-20-10-4-2-5-11-20)23(27)17-15-21-12-6-3-7-13-21/h2-13,19H,14-18H2,1H3/b9-8+. The highest BCUT2D eigenvalue weighted by Gasteiger charge is 2.38. The number of aryl methyl sites for hydroxylation is 2. The Kier molecular flexibility index (Phi) is 7.87. The van der Waals surface area contributed by atoms with Crippen LogP contribution in [0.2, 0.25) is 0 Å². The van der Waals surface area contributed by atoms with Gasteiger partial charge in [-0.25, -0.2) is 0 Å². The maximum absolute atomic E-state index is 12.9. The number of hydrogen-bond donors (Lipinski definition) is 0. The Bertz CT molecular complexity index is 720. The van der Waals surface area contributed by atoms with Crippen LogP contribution in [0.25, 0.3) is 0 Å². The number of hydrogen-bond acceptors (Lipinski definition) is 3. The summed E-state index contributed by atoms with van der Waals surface area (Å²) >= 11 is 0. The Morgan fingerprint density at radius 3 is 1.67 bits per heavy atom. The Morgan fingerprint density at radius 2 is 1.26 bits per heavy atom. The minimum absolute atomic E-state index is 0.0695. The second-order valence-electron chi connectivity index (χ2n) is 6.92. The van der Waals surface area contributed by atoms with E-state index in [0.29, 0.717) is 32.0 Å². The molecule has 140 valence electrons. The van der Waals surface area contributed by atoms with Crippen LogP contribution in [0.1, 0.15) is 37.3 Å². The molecule has 0 unspecified atom stereocenters. The van der Waals surface area contributed by atoms with Crippen molar-refractivity contribution >= 4 is 17.9 Å². The van der Waals surface area contributed by atoms with Gasteiger partial charge in [-0.15, -0.1) is 0 Å². The average Bonchev–Trinajstić information content (AvgIpc) is 2.71. The Hall–Kier alpha value is -2.81. The largest absolute Gasteiger partial charge is 0.299 e. The van der Waals surface area contributed by atoms with Gasteiger partial charge in [0, 0.05) is 12.8 Å². The SMILES string of the molecule is CC(C/C=C/C=O)(C(=O)CCc1ccccc1)C(=O)CCc1ccccc1. The molecule has 3 heteroatoms. The maximum atomic E-state index is 12.9. The zero-order chi connectivity index (χ0) is 19.5. The van der Waals surface area contributed by atoms with Crippen molar-refractivity contribution < 1.29 is 14.4 Å². The molecular formula is C24H26O3. The smallest absolute Gasteiger partial charge is 0.146 e. The lowest BCUT2D eigenvalue weighted by atomic mass is 9.74. The van der Waals surface area contributed by atoms with E-state index < -0.39 is 5.41 Å². The van der Waals surface area contributed by atoms with Crippen LogP contribution in [0.4, 0.5) is 0 Å². The molecule has 3 nitrogen and oxygen atoms in total. The van der Waals surface area contributed by atoms with Gasteiger partial charge in [-0.3, -0.25) is 14.4 Å². The molecule has 0 N–H and O–H groups in total. The van der Waals surface area contributed by atoms with E-state index in [9.17, 15) is 14.4 Å². The van der Waals surface area contributed by atoms with Crippen LogP contribution in [0.15, 0.2) is 72.8 Å². The van der Waals surface area contributed by atoms with Crippen molar-refractivity contribution in [3.8, 4) is 0 Å². The first kappa shape index (κ1) is 20.5. The van der Waals surface area contributed by atoms with Crippen molar-refractivity contribution in [3.05, 3.63) is 83.9 Å². The first-order valence-electron chi connectivity index (χ1n) is 9.31. The summed E-state index contributed by atoms with van der Waals surface area (Å²) in [6.45, 7) is 1.71. The lowest BCUT2D eigenvalue weighted by Gasteiger charge is -2.25. The van der Waals surface area contributed by atoms with Gasteiger partial charge in [0.05, 0.1) is 5.41 Å². The molecule has 0 amide bonds. The second kappa shape index (κ2) is 10.4. The third kappa shape index (κ3) is 6.14. The summed E-state index contributed by atoms with van der Waals surface area (Å²) in [6, 6.07) is 19.6. The molecule has 27 heavy (non-hydrogen) atoms. The Balaban J connectivity index is 2.06. The van der Waals surface area contributed by atoms with E-state index in [1.807, 2.05) is 60.7 Å². The van der Waals surface area contributed by atoms with Crippen molar-refractivity contribution in [1.82, 2.24) is 0 Å². The van der Waals surface area contributed by atoms with Crippen LogP contribution < -0.4 is 0 Å². The molecule has 0 fully saturated rings. The number of benzene rings is 2. The second-order valence-corrected chi connectivity index (χ2v) is 6.92. The van der Waals surface area contributed by atoms with E-state index in [0.717, 1.165) is 11.1 Å². The number of Topliss-reactive ketones (excluding diaryl/α,β-unsaturated/α-hetero) is 2. The fraction of sp³-hybridized carbons (Fsp3) is 0.292. The van der Waals surface area contributed by atoms with Crippen LogP contribution in [-0.2, 0) is 27.2 Å². The number of ketones is 2. The summed E-state index contributed by atoms with van der Waals surface area (Å²) < 4.78 is 0. The van der Waals surface area contributed by atoms with Crippen LogP contribution in [0.5, 0.6) is 0 Å². The van der Waals surface area contributed by atoms with Gasteiger partial charge < -0.3 is 0 Å². The van der Waals surface area contributed by atoms with E-state index in [-0.39, 0.29) is 18.0 Å². The summed E-state index contributed by atoms with van der Waals surface area (Å²) in [5, 5.41) is 0. The molecule has 0 radical (unpaired) electrons. The van der Waals surface area contributed by atoms with Crippen molar-refractivity contribution in [1.29, 1.82) is 0 Å². The summed E-state index contributed by atoms with van der Waals surface area (Å²) in [5.74, 6) is -0.139. The molecule has 0 heterocycles. The van der Waals surface area contributed by atoms with Gasteiger partial charge in [0.1, 0.15) is 17.9 Å². The van der Waals surface area contributed by atoms with Gasteiger partial charge in [0.2, 0.25) is 0 Å². The van der Waals surface area contributed by atoms with Gasteiger partial charge in [-0.1, -0.05) is 66.7 Å². The molecule has 0 aliphatic carbocycles. The van der Waals surface area contributed by atoms with E-state index >= 15 is 0 Å². The Labute approximate surface area is 161 Å². The number of rotatable bonds is 11. The predicted molar refractivity (Wildman–Crippen MR) is 107 cm³/mol. The number of allylic oxidation sites excluding steroid dienone is 2. The summed E-state index contributed by atoms with van der Waals surface area (Å²) in [4.78, 5) is 36.5. The van der Waals surface area contributed by atoms with Gasteiger partial charge in [-0.2, -0.15) is 0 Å². The summed E-state index contributed by atoms with van der Waals surface area (Å²) in [5.41, 5.74) is 1.06. The molecule has 2 aromatic carbocycles. The first-order chi connectivity index (χ1) is 13.1. The monoisotopic (exact) mass is 362 g/mol. The maximum Gasteiger partial charge on any atom is 0.146 e. The number of carbonyl (C=O) groups excluding carboxylic acids is 3. The molecule has 0 bridgehead atoms. The number of aldehydes is 1. The van der Waals surface area contributed by atoms with E-state index in [2.05, 4.69) is 0 Å². The van der Waals surface area contributed by atoms with Gasteiger partial charge in [-0.05, 0) is 43.4 Å². The highest BCUT2D eigenvalue weighted by molar-refractivity contribution is 6.06. The fourth-order valence-corrected chi connectivity index (χ4v) is 3.10. The van der Waals surface area contributed by atoms with Crippen LogP contribution in [-0.4, -0.2) is 17.9 Å². The third-order valence-electron chi connectivity index (χ3n) is 4.94. The first-order valence-corrected chi connectivity index (χ1v) is 9.31. The molecule has 0 aromatic heterocycles. The van der Waals surface area contributed by atoms with E-state index in [4.69, 9.17) is 0 Å². The normalized spacial score (nSPS) is 11.4. The highest BCUT2D eigenvalue weighted by Crippen LogP contribution is 2.29. The molecule has 0 aliphatic rings. The van der Waals surface area contributed by atoms with Gasteiger partial charge in [0.25, 0.3) is 0 Å². The molecule has 0 atom stereocenters. The molecule has 0 saturated carbocycles. The zero-order valence-electron chi connectivity index (χ0n) is 15.8. The van der Waals surface area contributed by atoms with Crippen LogP contribution in [0, 0.1) is 5.41 Å². The van der Waals surface area contributed by atoms with Crippen LogP contribution in [0.3, 0.4) is 0 Å². The van der Waals surface area contributed by atoms with E-state index in [1.54, 1.807) is 13.0 Å². The molecule has 2 aromatic rings. The minimum atomic E-state index is -1.09. The third-order valence-corrected chi connectivity index (χ3v) is 4.94. The average molecular weight is 362 g/mol. The highest BCUT2D eigenvalue weighted by atomic mass is 16.2. The minimum Gasteiger partial charge on any atom is -0.299 e. The quantitative estimate of drug-likeness (QED) is 0.335. The molecular weight excluding hydrogens is 336 g/mol. The van der Waals surface area contributed by atoms with Gasteiger partial charge >= 0.3 is 0 Å². The van der Waals surface area contributed by atoms with Crippen molar-refractivity contribution in [2.45, 2.75) is 39.0 Å².